The molecule has 0 aliphatic carbocycles. The molecule has 7 nitrogen and oxygen atoms in total. The van der Waals surface area contributed by atoms with Gasteiger partial charge >= 0.3 is 0 Å². The molecule has 2 atom stereocenters. The van der Waals surface area contributed by atoms with Crippen LogP contribution in [0.3, 0.4) is 0 Å². The Hall–Kier alpha value is -2.75. The van der Waals surface area contributed by atoms with Gasteiger partial charge in [0.05, 0.1) is 18.2 Å². The number of benzene rings is 2. The van der Waals surface area contributed by atoms with Gasteiger partial charge in [-0.25, -0.2) is 4.98 Å². The van der Waals surface area contributed by atoms with Crippen LogP contribution >= 0.6 is 32.9 Å². The SMILES string of the molecule is Br.Cc1ccc(CC(C(=O)N2CC(CO)(CBr)C2)n2c(=N)n(C(C)c3ccc(C)cc3)c3cccnc32)cc1. The van der Waals surface area contributed by atoms with Gasteiger partial charge in [-0.05, 0) is 44.0 Å². The lowest BCUT2D eigenvalue weighted by Crippen LogP contribution is -2.62. The van der Waals surface area contributed by atoms with Gasteiger partial charge in [0.2, 0.25) is 11.5 Å². The summed E-state index contributed by atoms with van der Waals surface area (Å²) >= 11 is 3.51. The van der Waals surface area contributed by atoms with Crippen molar-refractivity contribution in [2.45, 2.75) is 39.3 Å². The van der Waals surface area contributed by atoms with Crippen LogP contribution in [0, 0.1) is 24.7 Å². The number of carbonyl (C=O) groups excluding carboxylic acids is 1. The Bertz CT molecular complexity index is 1500. The van der Waals surface area contributed by atoms with E-state index in [-0.39, 0.29) is 46.6 Å². The zero-order valence-corrected chi connectivity index (χ0v) is 25.8. The molecule has 1 fully saturated rings. The second-order valence-corrected chi connectivity index (χ2v) is 11.2. The number of hydrogen-bond donors (Lipinski definition) is 2. The van der Waals surface area contributed by atoms with Gasteiger partial charge in [-0.1, -0.05) is 75.6 Å². The lowest BCUT2D eigenvalue weighted by Gasteiger charge is -2.49. The van der Waals surface area contributed by atoms with Crippen molar-refractivity contribution >= 4 is 50.0 Å². The number of nitrogens with zero attached hydrogens (tertiary/aromatic N) is 4. The van der Waals surface area contributed by atoms with E-state index in [0.717, 1.165) is 22.2 Å². The van der Waals surface area contributed by atoms with E-state index in [1.54, 1.807) is 15.7 Å². The van der Waals surface area contributed by atoms with Gasteiger partial charge in [-0.15, -0.1) is 17.0 Å². The van der Waals surface area contributed by atoms with E-state index >= 15 is 0 Å². The molecule has 2 aromatic heterocycles. The highest BCUT2D eigenvalue weighted by Gasteiger charge is 2.46. The van der Waals surface area contributed by atoms with Gasteiger partial charge < -0.3 is 14.6 Å². The molecule has 4 aromatic rings. The molecule has 1 aliphatic heterocycles. The molecule has 1 amide bonds. The molecule has 2 unspecified atom stereocenters. The fraction of sp³-hybridized carbons (Fsp3) is 0.367. The van der Waals surface area contributed by atoms with Crippen LogP contribution in [0.2, 0.25) is 0 Å². The van der Waals surface area contributed by atoms with Crippen LogP contribution in [0.4, 0.5) is 0 Å². The minimum absolute atomic E-state index is 0. The standard InChI is InChI=1S/C30H34BrN5O2.BrH/c1-20-6-10-23(11-7-20)15-26(28(38)34-17-30(16-31,18-34)19-37)36-27-25(5-4-14-33-27)35(29(36)32)22(3)24-12-8-21(2)9-13-24;/h4-14,22,26,32,37H,15-19H2,1-3H3;1H. The van der Waals surface area contributed by atoms with Gasteiger partial charge in [0.15, 0.2) is 5.65 Å². The fourth-order valence-corrected chi connectivity index (χ4v) is 5.90. The van der Waals surface area contributed by atoms with E-state index in [1.165, 1.54) is 5.56 Å². The Balaban J connectivity index is 0.00000353. The number of aromatic nitrogens is 3. The van der Waals surface area contributed by atoms with Crippen molar-refractivity contribution in [2.24, 2.45) is 5.41 Å². The minimum Gasteiger partial charge on any atom is -0.396 e. The predicted molar refractivity (Wildman–Crippen MR) is 163 cm³/mol. The molecule has 2 N–H and O–H groups in total. The summed E-state index contributed by atoms with van der Waals surface area (Å²) < 4.78 is 3.77. The van der Waals surface area contributed by atoms with Crippen molar-refractivity contribution in [2.75, 3.05) is 25.0 Å². The van der Waals surface area contributed by atoms with Gasteiger partial charge in [-0.2, -0.15) is 0 Å². The first kappa shape index (κ1) is 29.2. The quantitative estimate of drug-likeness (QED) is 0.258. The van der Waals surface area contributed by atoms with Crippen LogP contribution in [0.15, 0.2) is 66.9 Å². The van der Waals surface area contributed by atoms with E-state index in [0.29, 0.717) is 30.5 Å². The number of rotatable bonds is 8. The first-order valence-electron chi connectivity index (χ1n) is 13.0. The highest BCUT2D eigenvalue weighted by Crippen LogP contribution is 2.35. The third-order valence-electron chi connectivity index (χ3n) is 7.79. The number of aliphatic hydroxyl groups is 1. The van der Waals surface area contributed by atoms with Crippen molar-refractivity contribution in [3.05, 3.63) is 94.7 Å². The predicted octanol–water partition coefficient (Wildman–Crippen LogP) is 5.12. The highest BCUT2D eigenvalue weighted by atomic mass is 79.9. The van der Waals surface area contributed by atoms with E-state index in [1.807, 2.05) is 35.8 Å². The van der Waals surface area contributed by atoms with Crippen molar-refractivity contribution in [1.82, 2.24) is 19.0 Å². The summed E-state index contributed by atoms with van der Waals surface area (Å²) in [7, 11) is 0. The third kappa shape index (κ3) is 5.49. The number of likely N-dealkylation sites (tertiary alicyclic amines) is 1. The average Bonchev–Trinajstić information content (AvgIpc) is 3.19. The molecule has 5 rings (SSSR count). The number of amides is 1. The molecule has 206 valence electrons. The number of fused-ring (bicyclic) bond motifs is 1. The zero-order valence-electron chi connectivity index (χ0n) is 22.5. The normalized spacial score (nSPS) is 15.9. The Morgan fingerprint density at radius 2 is 1.67 bits per heavy atom. The summed E-state index contributed by atoms with van der Waals surface area (Å²) in [6, 6.07) is 19.6. The lowest BCUT2D eigenvalue weighted by molar-refractivity contribution is -0.148. The second kappa shape index (κ2) is 11.8. The minimum atomic E-state index is -0.638. The lowest BCUT2D eigenvalue weighted by atomic mass is 9.82. The molecule has 0 bridgehead atoms. The number of alkyl halides is 1. The largest absolute Gasteiger partial charge is 0.396 e. The van der Waals surface area contributed by atoms with E-state index in [2.05, 4.69) is 71.2 Å². The maximum atomic E-state index is 14.1. The summed E-state index contributed by atoms with van der Waals surface area (Å²) in [5.74, 6) is -0.0539. The molecule has 9 heteroatoms. The van der Waals surface area contributed by atoms with Gasteiger partial charge in [0.25, 0.3) is 0 Å². The molecule has 0 saturated carbocycles. The van der Waals surface area contributed by atoms with Gasteiger partial charge in [-0.3, -0.25) is 14.8 Å². The molecule has 0 radical (unpaired) electrons. The Morgan fingerprint density at radius 1 is 1.05 bits per heavy atom. The van der Waals surface area contributed by atoms with Crippen LogP contribution in [-0.2, 0) is 11.2 Å². The molecule has 2 aromatic carbocycles. The second-order valence-electron chi connectivity index (χ2n) is 10.7. The first-order valence-corrected chi connectivity index (χ1v) is 14.1. The Morgan fingerprint density at radius 3 is 2.26 bits per heavy atom. The molecule has 1 saturated heterocycles. The van der Waals surface area contributed by atoms with E-state index in [9.17, 15) is 15.3 Å². The number of hydrogen-bond acceptors (Lipinski definition) is 4. The van der Waals surface area contributed by atoms with Crippen LogP contribution in [-0.4, -0.2) is 55.1 Å². The van der Waals surface area contributed by atoms with Crippen molar-refractivity contribution < 1.29 is 9.90 Å². The maximum absolute atomic E-state index is 14.1. The topological polar surface area (TPSA) is 87.1 Å². The number of nitrogens with one attached hydrogen (secondary N) is 1. The summed E-state index contributed by atoms with van der Waals surface area (Å²) in [6.07, 6.45) is 2.17. The van der Waals surface area contributed by atoms with Crippen molar-refractivity contribution in [3.8, 4) is 0 Å². The summed E-state index contributed by atoms with van der Waals surface area (Å²) in [6.45, 7) is 7.18. The van der Waals surface area contributed by atoms with Crippen LogP contribution in [0.25, 0.3) is 11.2 Å². The zero-order chi connectivity index (χ0) is 27.0. The van der Waals surface area contributed by atoms with Crippen LogP contribution in [0.1, 0.15) is 41.3 Å². The summed E-state index contributed by atoms with van der Waals surface area (Å²) in [4.78, 5) is 20.6. The maximum Gasteiger partial charge on any atom is 0.246 e. The summed E-state index contributed by atoms with van der Waals surface area (Å²) in [5.41, 5.74) is 5.82. The van der Waals surface area contributed by atoms with Crippen molar-refractivity contribution in [1.29, 1.82) is 5.41 Å². The third-order valence-corrected chi connectivity index (χ3v) is 8.98. The fourth-order valence-electron chi connectivity index (χ4n) is 5.37. The smallest absolute Gasteiger partial charge is 0.246 e. The molecular formula is C30H35Br2N5O2. The first-order chi connectivity index (χ1) is 18.3. The molecular weight excluding hydrogens is 622 g/mol. The average molecular weight is 657 g/mol. The Kier molecular flexibility index (Phi) is 8.83. The van der Waals surface area contributed by atoms with E-state index < -0.39 is 6.04 Å². The molecule has 1 aliphatic rings. The number of imidazole rings is 1. The molecule has 0 spiro atoms. The van der Waals surface area contributed by atoms with Gasteiger partial charge in [0, 0.05) is 36.5 Å². The highest BCUT2D eigenvalue weighted by molar-refractivity contribution is 9.09. The van der Waals surface area contributed by atoms with Gasteiger partial charge in [0.1, 0.15) is 6.04 Å². The van der Waals surface area contributed by atoms with Crippen molar-refractivity contribution in [3.63, 3.8) is 0 Å². The Labute approximate surface area is 247 Å². The van der Waals surface area contributed by atoms with Crippen LogP contribution in [0.5, 0.6) is 0 Å². The summed E-state index contributed by atoms with van der Waals surface area (Å²) in [5, 5.41) is 19.9. The number of aryl methyl sites for hydroxylation is 2. The monoisotopic (exact) mass is 655 g/mol. The van der Waals surface area contributed by atoms with E-state index in [4.69, 9.17) is 0 Å². The van der Waals surface area contributed by atoms with Crippen LogP contribution < -0.4 is 5.62 Å². The number of aliphatic hydroxyl groups excluding tert-OH is 1. The molecule has 3 heterocycles. The number of halogens is 2. The molecule has 39 heavy (non-hydrogen) atoms. The number of carbonyl (C=O) groups is 1. The number of pyridine rings is 1.